The van der Waals surface area contributed by atoms with Gasteiger partial charge in [0.2, 0.25) is 10.0 Å². The van der Waals surface area contributed by atoms with Crippen molar-refractivity contribution in [3.63, 3.8) is 0 Å². The average Bonchev–Trinajstić information content (AvgIpc) is 3.25. The number of aliphatic imine (C=N–C) groups is 1. The first-order valence-corrected chi connectivity index (χ1v) is 9.74. The van der Waals surface area contributed by atoms with Gasteiger partial charge in [0.25, 0.3) is 0 Å². The van der Waals surface area contributed by atoms with E-state index in [1.165, 1.54) is 10.7 Å². The summed E-state index contributed by atoms with van der Waals surface area (Å²) in [5.74, 6) is 1.48. The number of hydrogen-bond acceptors (Lipinski definition) is 3. The number of nitrogens with one attached hydrogen (secondary N) is 2. The Kier molecular flexibility index (Phi) is 8.14. The third-order valence-corrected chi connectivity index (χ3v) is 6.49. The molecule has 1 aromatic rings. The zero-order valence-corrected chi connectivity index (χ0v) is 18.6. The Labute approximate surface area is 168 Å². The smallest absolute Gasteiger partial charge is 0.243 e. The minimum Gasteiger partial charge on any atom is -0.353 e. The summed E-state index contributed by atoms with van der Waals surface area (Å²) in [6.45, 7) is 6.52. The topological polar surface area (TPSA) is 73.8 Å². The molecule has 2 rings (SSSR count). The molecule has 0 aromatic heterocycles. The van der Waals surface area contributed by atoms with Crippen LogP contribution in [-0.2, 0) is 16.6 Å². The fraction of sp³-hybridized carbons (Fsp3) is 0.588. The molecule has 25 heavy (non-hydrogen) atoms. The van der Waals surface area contributed by atoms with Crippen molar-refractivity contribution in [1.82, 2.24) is 14.9 Å². The standard InChI is InChI=1S/C17H28N4O2S.HI/c1-12(2)21(5)24(22,23)15-8-6-14(7-9-15)11-19-17(18-4)20-16-10-13(16)3;/h6-9,12-13,16H,10-11H2,1-5H3,(H2,18,19,20);1H. The van der Waals surface area contributed by atoms with E-state index in [1.54, 1.807) is 26.2 Å². The van der Waals surface area contributed by atoms with Crippen LogP contribution >= 0.6 is 24.0 Å². The van der Waals surface area contributed by atoms with Crippen molar-refractivity contribution in [2.24, 2.45) is 10.9 Å². The lowest BCUT2D eigenvalue weighted by Crippen LogP contribution is -2.38. The number of halogens is 1. The van der Waals surface area contributed by atoms with Gasteiger partial charge < -0.3 is 10.6 Å². The molecule has 0 spiro atoms. The van der Waals surface area contributed by atoms with Crippen molar-refractivity contribution in [1.29, 1.82) is 0 Å². The van der Waals surface area contributed by atoms with E-state index in [-0.39, 0.29) is 30.0 Å². The maximum absolute atomic E-state index is 12.4. The molecule has 2 unspecified atom stereocenters. The van der Waals surface area contributed by atoms with Crippen molar-refractivity contribution < 1.29 is 8.42 Å². The van der Waals surface area contributed by atoms with Crippen molar-refractivity contribution in [3.8, 4) is 0 Å². The highest BCUT2D eigenvalue weighted by molar-refractivity contribution is 14.0. The van der Waals surface area contributed by atoms with Gasteiger partial charge in [-0.2, -0.15) is 4.31 Å². The Hall–Kier alpha value is -0.870. The van der Waals surface area contributed by atoms with Crippen LogP contribution in [0.5, 0.6) is 0 Å². The van der Waals surface area contributed by atoms with Gasteiger partial charge in [-0.05, 0) is 43.9 Å². The molecule has 6 nitrogen and oxygen atoms in total. The summed E-state index contributed by atoms with van der Waals surface area (Å²) in [6, 6.07) is 7.42. The molecule has 0 saturated heterocycles. The number of benzene rings is 1. The molecule has 0 bridgehead atoms. The zero-order chi connectivity index (χ0) is 17.9. The molecule has 2 N–H and O–H groups in total. The Morgan fingerprint density at radius 2 is 1.88 bits per heavy atom. The van der Waals surface area contributed by atoms with E-state index in [2.05, 4.69) is 22.5 Å². The Bertz CT molecular complexity index is 689. The van der Waals surface area contributed by atoms with Crippen LogP contribution in [0.3, 0.4) is 0 Å². The second-order valence-electron chi connectivity index (χ2n) is 6.65. The molecular weight excluding hydrogens is 451 g/mol. The van der Waals surface area contributed by atoms with Crippen molar-refractivity contribution in [3.05, 3.63) is 29.8 Å². The van der Waals surface area contributed by atoms with E-state index in [1.807, 2.05) is 26.0 Å². The molecule has 0 radical (unpaired) electrons. The third-order valence-electron chi connectivity index (χ3n) is 4.44. The predicted octanol–water partition coefficient (Wildman–Crippen LogP) is 2.41. The first-order chi connectivity index (χ1) is 11.3. The molecule has 1 aromatic carbocycles. The largest absolute Gasteiger partial charge is 0.353 e. The molecule has 1 saturated carbocycles. The van der Waals surface area contributed by atoms with Crippen molar-refractivity contribution in [2.75, 3.05) is 14.1 Å². The van der Waals surface area contributed by atoms with E-state index in [4.69, 9.17) is 0 Å². The number of guanidine groups is 1. The average molecular weight is 480 g/mol. The fourth-order valence-corrected chi connectivity index (χ4v) is 3.67. The van der Waals surface area contributed by atoms with Crippen molar-refractivity contribution in [2.45, 2.75) is 50.7 Å². The second-order valence-corrected chi connectivity index (χ2v) is 8.65. The van der Waals surface area contributed by atoms with Gasteiger partial charge in [-0.15, -0.1) is 24.0 Å². The summed E-state index contributed by atoms with van der Waals surface area (Å²) in [5.41, 5.74) is 1.01. The molecule has 2 atom stereocenters. The molecule has 0 heterocycles. The SMILES string of the molecule is CN=C(NCc1ccc(S(=O)(=O)N(C)C(C)C)cc1)NC1CC1C.I. The fourth-order valence-electron chi connectivity index (χ4n) is 2.30. The van der Waals surface area contributed by atoms with Crippen LogP contribution in [0.25, 0.3) is 0 Å². The minimum atomic E-state index is -3.43. The van der Waals surface area contributed by atoms with E-state index >= 15 is 0 Å². The highest BCUT2D eigenvalue weighted by Gasteiger charge is 2.33. The maximum Gasteiger partial charge on any atom is 0.243 e. The predicted molar refractivity (Wildman–Crippen MR) is 113 cm³/mol. The minimum absolute atomic E-state index is 0. The summed E-state index contributed by atoms with van der Waals surface area (Å²) >= 11 is 0. The van der Waals surface area contributed by atoms with E-state index in [9.17, 15) is 8.42 Å². The molecule has 0 amide bonds. The summed E-state index contributed by atoms with van der Waals surface area (Å²) in [5, 5.41) is 6.62. The van der Waals surface area contributed by atoms with Crippen LogP contribution < -0.4 is 10.6 Å². The summed E-state index contributed by atoms with van der Waals surface area (Å²) in [4.78, 5) is 4.53. The van der Waals surface area contributed by atoms with Crippen LogP contribution in [0.1, 0.15) is 32.8 Å². The van der Waals surface area contributed by atoms with Gasteiger partial charge in [0.15, 0.2) is 5.96 Å². The van der Waals surface area contributed by atoms with Gasteiger partial charge in [-0.25, -0.2) is 8.42 Å². The number of hydrogen-bond donors (Lipinski definition) is 2. The summed E-state index contributed by atoms with van der Waals surface area (Å²) < 4.78 is 26.3. The lowest BCUT2D eigenvalue weighted by Gasteiger charge is -2.21. The zero-order valence-electron chi connectivity index (χ0n) is 15.5. The van der Waals surface area contributed by atoms with Gasteiger partial charge in [-0.1, -0.05) is 19.1 Å². The monoisotopic (exact) mass is 480 g/mol. The van der Waals surface area contributed by atoms with Crippen LogP contribution in [0, 0.1) is 5.92 Å². The number of rotatable bonds is 6. The molecule has 8 heteroatoms. The van der Waals surface area contributed by atoms with E-state index < -0.39 is 10.0 Å². The van der Waals surface area contributed by atoms with Crippen LogP contribution in [-0.4, -0.2) is 44.9 Å². The summed E-state index contributed by atoms with van der Waals surface area (Å²) in [6.07, 6.45) is 1.18. The molecule has 1 aliphatic rings. The Balaban J connectivity index is 0.00000312. The number of sulfonamides is 1. The molecule has 1 fully saturated rings. The van der Waals surface area contributed by atoms with Gasteiger partial charge >= 0.3 is 0 Å². The lowest BCUT2D eigenvalue weighted by atomic mass is 10.2. The third kappa shape index (κ3) is 5.82. The maximum atomic E-state index is 12.4. The molecule has 1 aliphatic carbocycles. The summed E-state index contributed by atoms with van der Waals surface area (Å²) in [7, 11) is -0.0769. The van der Waals surface area contributed by atoms with Crippen LogP contribution in [0.2, 0.25) is 0 Å². The lowest BCUT2D eigenvalue weighted by molar-refractivity contribution is 0.410. The Morgan fingerprint density at radius 1 is 1.32 bits per heavy atom. The first-order valence-electron chi connectivity index (χ1n) is 8.30. The second kappa shape index (κ2) is 9.18. The van der Waals surface area contributed by atoms with Crippen molar-refractivity contribution >= 4 is 40.0 Å². The van der Waals surface area contributed by atoms with E-state index in [0.29, 0.717) is 23.4 Å². The van der Waals surface area contributed by atoms with Gasteiger partial charge in [0.05, 0.1) is 4.90 Å². The normalized spacial score (nSPS) is 20.4. The molecular formula is C17H29IN4O2S. The molecule has 0 aliphatic heterocycles. The number of nitrogens with zero attached hydrogens (tertiary/aromatic N) is 2. The van der Waals surface area contributed by atoms with E-state index in [0.717, 1.165) is 11.5 Å². The Morgan fingerprint density at radius 3 is 2.32 bits per heavy atom. The molecule has 142 valence electrons. The van der Waals surface area contributed by atoms with Crippen LogP contribution in [0.15, 0.2) is 34.2 Å². The van der Waals surface area contributed by atoms with Gasteiger partial charge in [0, 0.05) is 32.7 Å². The quantitative estimate of drug-likeness (QED) is 0.373. The van der Waals surface area contributed by atoms with Gasteiger partial charge in [-0.3, -0.25) is 4.99 Å². The van der Waals surface area contributed by atoms with Crippen LogP contribution in [0.4, 0.5) is 0 Å². The van der Waals surface area contributed by atoms with Gasteiger partial charge in [0.1, 0.15) is 0 Å². The first kappa shape index (κ1) is 22.2. The highest BCUT2D eigenvalue weighted by Crippen LogP contribution is 2.28. The highest BCUT2D eigenvalue weighted by atomic mass is 127.